The molecule has 98 valence electrons. The van der Waals surface area contributed by atoms with Gasteiger partial charge < -0.3 is 9.47 Å². The number of carbonyl (C=O) groups excluding carboxylic acids is 1. The van der Waals surface area contributed by atoms with Gasteiger partial charge in [-0.2, -0.15) is 5.10 Å². The van der Waals surface area contributed by atoms with Gasteiger partial charge in [-0.25, -0.2) is 5.43 Å². The molecule has 5 nitrogen and oxygen atoms in total. The fourth-order valence-electron chi connectivity index (χ4n) is 1.16. The van der Waals surface area contributed by atoms with Crippen molar-refractivity contribution in [2.75, 3.05) is 13.7 Å². The number of rotatable bonds is 7. The summed E-state index contributed by atoms with van der Waals surface area (Å²) in [6, 6.07) is 7.03. The first-order valence-electron chi connectivity index (χ1n) is 5.83. The summed E-state index contributed by atoms with van der Waals surface area (Å²) in [5.74, 6) is 1.08. The highest BCUT2D eigenvalue weighted by atomic mass is 16.5. The Morgan fingerprint density at radius 2 is 2.00 bits per heavy atom. The number of carbonyl (C=O) groups is 1. The first-order chi connectivity index (χ1) is 8.76. The number of hydrazone groups is 1. The van der Waals surface area contributed by atoms with Gasteiger partial charge in [0.2, 0.25) is 0 Å². The zero-order chi connectivity index (χ0) is 13.2. The van der Waals surface area contributed by atoms with Crippen molar-refractivity contribution in [1.82, 2.24) is 5.43 Å². The van der Waals surface area contributed by atoms with Crippen molar-refractivity contribution in [3.63, 3.8) is 0 Å². The Bertz CT molecular complexity index is 388. The van der Waals surface area contributed by atoms with E-state index in [0.29, 0.717) is 5.75 Å². The van der Waals surface area contributed by atoms with Crippen LogP contribution in [0.5, 0.6) is 11.5 Å². The Kier molecular flexibility index (Phi) is 6.32. The van der Waals surface area contributed by atoms with E-state index in [-0.39, 0.29) is 12.5 Å². The summed E-state index contributed by atoms with van der Waals surface area (Å²) < 4.78 is 10.3. The molecule has 0 spiro atoms. The monoisotopic (exact) mass is 250 g/mol. The lowest BCUT2D eigenvalue weighted by molar-refractivity contribution is -0.123. The second-order valence-corrected chi connectivity index (χ2v) is 3.60. The maximum Gasteiger partial charge on any atom is 0.277 e. The van der Waals surface area contributed by atoms with E-state index in [1.165, 1.54) is 0 Å². The lowest BCUT2D eigenvalue weighted by Gasteiger charge is -2.05. The van der Waals surface area contributed by atoms with E-state index in [4.69, 9.17) is 9.47 Å². The molecule has 1 aromatic rings. The number of methoxy groups -OCH3 is 1. The summed E-state index contributed by atoms with van der Waals surface area (Å²) in [6.07, 6.45) is 3.52. The van der Waals surface area contributed by atoms with E-state index < -0.39 is 0 Å². The molecule has 5 heteroatoms. The summed E-state index contributed by atoms with van der Waals surface area (Å²) in [6.45, 7) is 1.98. The maximum absolute atomic E-state index is 11.3. The molecule has 0 heterocycles. The van der Waals surface area contributed by atoms with Crippen LogP contribution in [0.25, 0.3) is 0 Å². The normalized spacial score (nSPS) is 10.3. The number of ether oxygens (including phenoxy) is 2. The lowest BCUT2D eigenvalue weighted by Crippen LogP contribution is -2.24. The Morgan fingerprint density at radius 1 is 1.33 bits per heavy atom. The number of benzene rings is 1. The standard InChI is InChI=1S/C13H18N2O3/c1-3-4-9-14-15-13(16)10-18-12-7-5-11(17-2)6-8-12/h5-9H,3-4,10H2,1-2H3,(H,15,16)/b14-9+. The summed E-state index contributed by atoms with van der Waals surface area (Å²) >= 11 is 0. The molecule has 1 amide bonds. The second-order valence-electron chi connectivity index (χ2n) is 3.60. The molecule has 0 radical (unpaired) electrons. The van der Waals surface area contributed by atoms with Crippen LogP contribution in [-0.4, -0.2) is 25.8 Å². The summed E-state index contributed by atoms with van der Waals surface area (Å²) in [7, 11) is 1.59. The molecular formula is C13H18N2O3. The van der Waals surface area contributed by atoms with Gasteiger partial charge in [0.15, 0.2) is 6.61 Å². The lowest BCUT2D eigenvalue weighted by atomic mass is 10.3. The third kappa shape index (κ3) is 5.34. The molecular weight excluding hydrogens is 232 g/mol. The number of unbranched alkanes of at least 4 members (excludes halogenated alkanes) is 1. The molecule has 0 saturated heterocycles. The Morgan fingerprint density at radius 3 is 2.61 bits per heavy atom. The van der Waals surface area contributed by atoms with Crippen molar-refractivity contribution in [2.45, 2.75) is 19.8 Å². The van der Waals surface area contributed by atoms with Gasteiger partial charge in [0.25, 0.3) is 5.91 Å². The number of nitrogens with zero attached hydrogens (tertiary/aromatic N) is 1. The van der Waals surface area contributed by atoms with Crippen LogP contribution in [0.1, 0.15) is 19.8 Å². The van der Waals surface area contributed by atoms with Gasteiger partial charge in [-0.15, -0.1) is 0 Å². The predicted octanol–water partition coefficient (Wildman–Crippen LogP) is 1.98. The minimum atomic E-state index is -0.279. The molecule has 18 heavy (non-hydrogen) atoms. The van der Waals surface area contributed by atoms with Gasteiger partial charge in [0.05, 0.1) is 7.11 Å². The van der Waals surface area contributed by atoms with Crippen LogP contribution in [0.3, 0.4) is 0 Å². The Hall–Kier alpha value is -2.04. The molecule has 1 rings (SSSR count). The first kappa shape index (κ1) is 14.0. The zero-order valence-corrected chi connectivity index (χ0v) is 10.7. The Balaban J connectivity index is 2.28. The van der Waals surface area contributed by atoms with Gasteiger partial charge in [0.1, 0.15) is 11.5 Å². The van der Waals surface area contributed by atoms with Crippen LogP contribution < -0.4 is 14.9 Å². The van der Waals surface area contributed by atoms with E-state index in [0.717, 1.165) is 18.6 Å². The Labute approximate surface area is 107 Å². The highest BCUT2D eigenvalue weighted by Gasteiger charge is 2.01. The second kappa shape index (κ2) is 8.11. The van der Waals surface area contributed by atoms with Gasteiger partial charge in [-0.3, -0.25) is 4.79 Å². The summed E-state index contributed by atoms with van der Waals surface area (Å²) in [5, 5.41) is 3.78. The van der Waals surface area contributed by atoms with Gasteiger partial charge in [-0.05, 0) is 30.7 Å². The molecule has 0 fully saturated rings. The molecule has 0 aliphatic rings. The average Bonchev–Trinajstić information content (AvgIpc) is 2.42. The van der Waals surface area contributed by atoms with E-state index in [1.54, 1.807) is 37.6 Å². The summed E-state index contributed by atoms with van der Waals surface area (Å²) in [5.41, 5.74) is 2.39. The molecule has 0 aliphatic carbocycles. The van der Waals surface area contributed by atoms with Crippen LogP contribution in [-0.2, 0) is 4.79 Å². The van der Waals surface area contributed by atoms with Crippen LogP contribution >= 0.6 is 0 Å². The molecule has 1 N–H and O–H groups in total. The number of nitrogens with one attached hydrogen (secondary N) is 1. The highest BCUT2D eigenvalue weighted by Crippen LogP contribution is 2.16. The molecule has 0 unspecified atom stereocenters. The van der Waals surface area contributed by atoms with Crippen molar-refractivity contribution >= 4 is 12.1 Å². The molecule has 0 aliphatic heterocycles. The molecule has 0 bridgehead atoms. The van der Waals surface area contributed by atoms with Gasteiger partial charge in [-0.1, -0.05) is 13.3 Å². The quantitative estimate of drug-likeness (QED) is 0.594. The highest BCUT2D eigenvalue weighted by molar-refractivity contribution is 5.78. The molecule has 0 atom stereocenters. The predicted molar refractivity (Wildman–Crippen MR) is 70.0 cm³/mol. The third-order valence-corrected chi connectivity index (χ3v) is 2.13. The minimum Gasteiger partial charge on any atom is -0.497 e. The zero-order valence-electron chi connectivity index (χ0n) is 10.7. The first-order valence-corrected chi connectivity index (χ1v) is 5.83. The number of hydrogen-bond donors (Lipinski definition) is 1. The summed E-state index contributed by atoms with van der Waals surface area (Å²) in [4.78, 5) is 11.3. The van der Waals surface area contributed by atoms with Crippen molar-refractivity contribution < 1.29 is 14.3 Å². The van der Waals surface area contributed by atoms with E-state index in [1.807, 2.05) is 6.92 Å². The fraction of sp³-hybridized carbons (Fsp3) is 0.385. The van der Waals surface area contributed by atoms with Crippen molar-refractivity contribution in [3.05, 3.63) is 24.3 Å². The fourth-order valence-corrected chi connectivity index (χ4v) is 1.16. The molecule has 0 aromatic heterocycles. The molecule has 1 aromatic carbocycles. The largest absolute Gasteiger partial charge is 0.497 e. The van der Waals surface area contributed by atoms with Crippen molar-refractivity contribution in [3.8, 4) is 11.5 Å². The van der Waals surface area contributed by atoms with Crippen molar-refractivity contribution in [1.29, 1.82) is 0 Å². The minimum absolute atomic E-state index is 0.0597. The van der Waals surface area contributed by atoms with E-state index >= 15 is 0 Å². The van der Waals surface area contributed by atoms with Gasteiger partial charge >= 0.3 is 0 Å². The van der Waals surface area contributed by atoms with Crippen LogP contribution in [0.2, 0.25) is 0 Å². The third-order valence-electron chi connectivity index (χ3n) is 2.13. The van der Waals surface area contributed by atoms with Crippen molar-refractivity contribution in [2.24, 2.45) is 5.10 Å². The smallest absolute Gasteiger partial charge is 0.277 e. The van der Waals surface area contributed by atoms with Crippen LogP contribution in [0.4, 0.5) is 0 Å². The number of amides is 1. The topological polar surface area (TPSA) is 59.9 Å². The van der Waals surface area contributed by atoms with Crippen LogP contribution in [0.15, 0.2) is 29.4 Å². The average molecular weight is 250 g/mol. The van der Waals surface area contributed by atoms with E-state index in [2.05, 4.69) is 10.5 Å². The van der Waals surface area contributed by atoms with Gasteiger partial charge in [0, 0.05) is 6.21 Å². The maximum atomic E-state index is 11.3. The van der Waals surface area contributed by atoms with E-state index in [9.17, 15) is 4.79 Å². The van der Waals surface area contributed by atoms with Crippen LogP contribution in [0, 0.1) is 0 Å². The number of hydrogen-bond acceptors (Lipinski definition) is 4. The molecule has 0 saturated carbocycles. The SMILES string of the molecule is CCC/C=N/NC(=O)COc1ccc(OC)cc1.